The van der Waals surface area contributed by atoms with Crippen molar-refractivity contribution in [2.75, 3.05) is 24.7 Å². The van der Waals surface area contributed by atoms with Crippen LogP contribution in [0.15, 0.2) is 64.2 Å². The molecule has 1 aromatic heterocycles. The highest BCUT2D eigenvalue weighted by atomic mass is 32.2. The maximum absolute atomic E-state index is 12.0. The normalized spacial score (nSPS) is 10.6. The van der Waals surface area contributed by atoms with E-state index in [0.717, 1.165) is 16.8 Å². The van der Waals surface area contributed by atoms with Gasteiger partial charge in [-0.15, -0.1) is 10.2 Å². The van der Waals surface area contributed by atoms with Crippen LogP contribution in [0.2, 0.25) is 0 Å². The number of nitrogens with one attached hydrogen (secondary N) is 1. The monoisotopic (exact) mass is 382 g/mol. The first-order valence-electron chi connectivity index (χ1n) is 8.62. The van der Waals surface area contributed by atoms with Crippen molar-refractivity contribution in [2.45, 2.75) is 18.2 Å². The quantitative estimate of drug-likeness (QED) is 0.604. The van der Waals surface area contributed by atoms with E-state index in [0.29, 0.717) is 24.1 Å². The van der Waals surface area contributed by atoms with Gasteiger partial charge < -0.3 is 14.6 Å². The minimum Gasteiger partial charge on any atom is -0.416 e. The van der Waals surface area contributed by atoms with Gasteiger partial charge in [0.15, 0.2) is 0 Å². The largest absolute Gasteiger partial charge is 0.416 e. The average molecular weight is 382 g/mol. The van der Waals surface area contributed by atoms with Crippen molar-refractivity contribution >= 4 is 23.4 Å². The van der Waals surface area contributed by atoms with Crippen LogP contribution in [0.3, 0.4) is 0 Å². The van der Waals surface area contributed by atoms with Gasteiger partial charge in [0.1, 0.15) is 0 Å². The molecule has 0 radical (unpaired) electrons. The Morgan fingerprint density at radius 1 is 1.04 bits per heavy atom. The molecule has 0 atom stereocenters. The molecule has 0 unspecified atom stereocenters. The molecule has 0 spiro atoms. The lowest BCUT2D eigenvalue weighted by Gasteiger charge is -2.12. The third kappa shape index (κ3) is 5.86. The van der Waals surface area contributed by atoms with E-state index in [1.165, 1.54) is 11.8 Å². The fourth-order valence-electron chi connectivity index (χ4n) is 2.43. The number of hydrogen-bond acceptors (Lipinski definition) is 6. The second kappa shape index (κ2) is 9.23. The molecule has 1 heterocycles. The number of amides is 1. The smallest absolute Gasteiger partial charge is 0.277 e. The molecular formula is C20H22N4O2S. The van der Waals surface area contributed by atoms with E-state index in [9.17, 15) is 4.79 Å². The predicted molar refractivity (Wildman–Crippen MR) is 107 cm³/mol. The maximum Gasteiger partial charge on any atom is 0.277 e. The van der Waals surface area contributed by atoms with Crippen LogP contribution in [-0.4, -0.2) is 36.0 Å². The van der Waals surface area contributed by atoms with Crippen LogP contribution in [0, 0.1) is 0 Å². The molecule has 0 aliphatic carbocycles. The minimum absolute atomic E-state index is 0.0699. The van der Waals surface area contributed by atoms with Crippen molar-refractivity contribution in [2.24, 2.45) is 0 Å². The molecule has 0 saturated heterocycles. The second-order valence-electron chi connectivity index (χ2n) is 6.25. The van der Waals surface area contributed by atoms with Crippen LogP contribution < -0.4 is 10.2 Å². The molecule has 0 fully saturated rings. The van der Waals surface area contributed by atoms with Gasteiger partial charge in [-0.1, -0.05) is 54.2 Å². The van der Waals surface area contributed by atoms with Gasteiger partial charge in [0.2, 0.25) is 11.8 Å². The zero-order chi connectivity index (χ0) is 19.1. The predicted octanol–water partition coefficient (Wildman–Crippen LogP) is 3.13. The first kappa shape index (κ1) is 19.0. The van der Waals surface area contributed by atoms with Crippen LogP contribution in [0.5, 0.6) is 0 Å². The summed E-state index contributed by atoms with van der Waals surface area (Å²) in [6.45, 7) is 0.496. The third-order valence-corrected chi connectivity index (χ3v) is 4.73. The molecule has 7 heteroatoms. The molecule has 0 aliphatic heterocycles. The number of rotatable bonds is 8. The van der Waals surface area contributed by atoms with Crippen LogP contribution in [0.4, 0.5) is 5.69 Å². The summed E-state index contributed by atoms with van der Waals surface area (Å²) in [5.74, 6) is 0.715. The van der Waals surface area contributed by atoms with Gasteiger partial charge in [0.25, 0.3) is 5.22 Å². The molecule has 1 N–H and O–H groups in total. The first-order chi connectivity index (χ1) is 13.1. The number of hydrogen-bond donors (Lipinski definition) is 1. The van der Waals surface area contributed by atoms with Gasteiger partial charge in [-0.25, -0.2) is 0 Å². The molecule has 3 rings (SSSR count). The third-order valence-electron chi connectivity index (χ3n) is 3.92. The van der Waals surface area contributed by atoms with Gasteiger partial charge in [-0.2, -0.15) is 0 Å². The number of carbonyl (C=O) groups excluding carboxylic acids is 1. The lowest BCUT2D eigenvalue weighted by atomic mass is 10.2. The molecule has 2 aromatic carbocycles. The van der Waals surface area contributed by atoms with Crippen LogP contribution >= 0.6 is 11.8 Å². The summed E-state index contributed by atoms with van der Waals surface area (Å²) in [6.07, 6.45) is 0.587. The minimum atomic E-state index is -0.0699. The molecule has 0 aliphatic rings. The topological polar surface area (TPSA) is 71.3 Å². The Bertz CT molecular complexity index is 863. The SMILES string of the molecule is CN(C)c1ccc(CNC(=O)CSc2nnc(Cc3ccccc3)o2)cc1. The van der Waals surface area contributed by atoms with E-state index >= 15 is 0 Å². The van der Waals surface area contributed by atoms with E-state index in [-0.39, 0.29) is 11.7 Å². The van der Waals surface area contributed by atoms with Crippen molar-refractivity contribution in [3.05, 3.63) is 71.6 Å². The highest BCUT2D eigenvalue weighted by Crippen LogP contribution is 2.17. The summed E-state index contributed by atoms with van der Waals surface area (Å²) < 4.78 is 5.59. The van der Waals surface area contributed by atoms with Crippen LogP contribution in [0.25, 0.3) is 0 Å². The number of nitrogens with zero attached hydrogens (tertiary/aromatic N) is 3. The molecular weight excluding hydrogens is 360 g/mol. The summed E-state index contributed by atoms with van der Waals surface area (Å²) in [4.78, 5) is 14.1. The number of carbonyl (C=O) groups is 1. The molecule has 6 nitrogen and oxygen atoms in total. The van der Waals surface area contributed by atoms with Gasteiger partial charge in [-0.05, 0) is 23.3 Å². The molecule has 0 saturated carbocycles. The highest BCUT2D eigenvalue weighted by Gasteiger charge is 2.10. The summed E-state index contributed by atoms with van der Waals surface area (Å²) in [5.41, 5.74) is 3.29. The summed E-state index contributed by atoms with van der Waals surface area (Å²) in [7, 11) is 3.99. The number of aromatic nitrogens is 2. The summed E-state index contributed by atoms with van der Waals surface area (Å²) in [6, 6.07) is 18.0. The van der Waals surface area contributed by atoms with Crippen molar-refractivity contribution in [1.29, 1.82) is 0 Å². The Hall–Kier alpha value is -2.80. The lowest BCUT2D eigenvalue weighted by molar-refractivity contribution is -0.118. The van der Waals surface area contributed by atoms with E-state index in [4.69, 9.17) is 4.42 Å². The van der Waals surface area contributed by atoms with Gasteiger partial charge in [0, 0.05) is 26.3 Å². The molecule has 3 aromatic rings. The molecule has 1 amide bonds. The molecule has 140 valence electrons. The van der Waals surface area contributed by atoms with Gasteiger partial charge >= 0.3 is 0 Å². The van der Waals surface area contributed by atoms with Crippen LogP contribution in [-0.2, 0) is 17.8 Å². The fraction of sp³-hybridized carbons (Fsp3) is 0.250. The van der Waals surface area contributed by atoms with Crippen molar-refractivity contribution in [3.63, 3.8) is 0 Å². The Labute approximate surface area is 163 Å². The van der Waals surface area contributed by atoms with Gasteiger partial charge in [0.05, 0.1) is 12.2 Å². The summed E-state index contributed by atoms with van der Waals surface area (Å²) in [5, 5.41) is 11.3. The van der Waals surface area contributed by atoms with E-state index in [1.54, 1.807) is 0 Å². The highest BCUT2D eigenvalue weighted by molar-refractivity contribution is 7.99. The van der Waals surface area contributed by atoms with Gasteiger partial charge in [-0.3, -0.25) is 4.79 Å². The zero-order valence-corrected chi connectivity index (χ0v) is 16.2. The number of benzene rings is 2. The Morgan fingerprint density at radius 3 is 2.48 bits per heavy atom. The fourth-order valence-corrected chi connectivity index (χ4v) is 3.04. The Kier molecular flexibility index (Phi) is 6.49. The van der Waals surface area contributed by atoms with Crippen molar-refractivity contribution in [1.82, 2.24) is 15.5 Å². The molecule has 0 bridgehead atoms. The lowest BCUT2D eigenvalue weighted by Crippen LogP contribution is -2.24. The van der Waals surface area contributed by atoms with E-state index in [2.05, 4.69) is 15.5 Å². The summed E-state index contributed by atoms with van der Waals surface area (Å²) >= 11 is 1.24. The van der Waals surface area contributed by atoms with Crippen molar-refractivity contribution in [3.8, 4) is 0 Å². The molecule has 27 heavy (non-hydrogen) atoms. The van der Waals surface area contributed by atoms with Crippen molar-refractivity contribution < 1.29 is 9.21 Å². The maximum atomic E-state index is 12.0. The zero-order valence-electron chi connectivity index (χ0n) is 15.4. The van der Waals surface area contributed by atoms with E-state index in [1.807, 2.05) is 73.6 Å². The average Bonchev–Trinajstić information content (AvgIpc) is 3.13. The van der Waals surface area contributed by atoms with Crippen LogP contribution in [0.1, 0.15) is 17.0 Å². The standard InChI is InChI=1S/C20H22N4O2S/c1-24(2)17-10-8-16(9-11-17)13-21-18(25)14-27-20-23-22-19(26-20)12-15-6-4-3-5-7-15/h3-11H,12-14H2,1-2H3,(H,21,25). The first-order valence-corrected chi connectivity index (χ1v) is 9.61. The Balaban J connectivity index is 1.42. The number of anilines is 1. The second-order valence-corrected chi connectivity index (χ2v) is 7.18. The number of thioether (sulfide) groups is 1. The van der Waals surface area contributed by atoms with E-state index < -0.39 is 0 Å². The Morgan fingerprint density at radius 2 is 1.78 bits per heavy atom.